The van der Waals surface area contributed by atoms with E-state index in [1.807, 2.05) is 13.8 Å². The molecule has 0 unspecified atom stereocenters. The fraction of sp³-hybridized carbons (Fsp3) is 1.00. The Balaban J connectivity index is 2.75. The molecular formula is C4H10O4S. The molecule has 56 valence electrons. The summed E-state index contributed by atoms with van der Waals surface area (Å²) in [5, 5.41) is 10.9. The number of hydrogen-bond donors (Lipinski definition) is 1. The Morgan fingerprint density at radius 3 is 2.67 bits per heavy atom. The Morgan fingerprint density at radius 2 is 2.22 bits per heavy atom. The van der Waals surface area contributed by atoms with E-state index in [9.17, 15) is 0 Å². The Morgan fingerprint density at radius 1 is 1.56 bits per heavy atom. The monoisotopic (exact) mass is 154 g/mol. The molecular weight excluding hydrogens is 144 g/mol. The largest absolute Gasteiger partial charge is 0.289 e. The standard InChI is InChI=1S/C4H10O4S/c1-4(2)3-6-9-8-7-5/h4-5H,3H2,1-2H3. The van der Waals surface area contributed by atoms with Gasteiger partial charge in [0, 0.05) is 0 Å². The van der Waals surface area contributed by atoms with Crippen LogP contribution in [0.4, 0.5) is 0 Å². The molecule has 0 fully saturated rings. The second-order valence-electron chi connectivity index (χ2n) is 1.89. The summed E-state index contributed by atoms with van der Waals surface area (Å²) in [4.78, 5) is 0. The summed E-state index contributed by atoms with van der Waals surface area (Å²) in [7, 11) is 0. The van der Waals surface area contributed by atoms with Crippen LogP contribution in [0.5, 0.6) is 0 Å². The first-order valence-electron chi connectivity index (χ1n) is 2.53. The van der Waals surface area contributed by atoms with Crippen LogP contribution in [-0.4, -0.2) is 11.9 Å². The third kappa shape index (κ3) is 8.19. The molecule has 0 saturated heterocycles. The second-order valence-corrected chi connectivity index (χ2v) is 2.40. The van der Waals surface area contributed by atoms with Crippen molar-refractivity contribution in [2.75, 3.05) is 6.61 Å². The van der Waals surface area contributed by atoms with Crippen LogP contribution in [0.2, 0.25) is 0 Å². The Labute approximate surface area is 58.4 Å². The van der Waals surface area contributed by atoms with Gasteiger partial charge < -0.3 is 0 Å². The average molecular weight is 154 g/mol. The third-order valence-corrected chi connectivity index (χ3v) is 0.856. The van der Waals surface area contributed by atoms with Gasteiger partial charge in [0.2, 0.25) is 0 Å². The Bertz CT molecular complexity index is 58.5. The van der Waals surface area contributed by atoms with Crippen LogP contribution in [0.3, 0.4) is 0 Å². The molecule has 0 aromatic heterocycles. The van der Waals surface area contributed by atoms with Gasteiger partial charge >= 0.3 is 0 Å². The molecule has 4 nitrogen and oxygen atoms in total. The van der Waals surface area contributed by atoms with Gasteiger partial charge in [-0.2, -0.15) is 0 Å². The van der Waals surface area contributed by atoms with Gasteiger partial charge in [-0.05, 0) is 5.92 Å². The summed E-state index contributed by atoms with van der Waals surface area (Å²) in [6.45, 7) is 4.56. The lowest BCUT2D eigenvalue weighted by molar-refractivity contribution is -0.434. The van der Waals surface area contributed by atoms with E-state index < -0.39 is 0 Å². The summed E-state index contributed by atoms with van der Waals surface area (Å²) < 4.78 is 8.68. The van der Waals surface area contributed by atoms with E-state index in [0.717, 1.165) is 0 Å². The zero-order chi connectivity index (χ0) is 7.11. The topological polar surface area (TPSA) is 47.9 Å². The maximum absolute atomic E-state index is 7.61. The van der Waals surface area contributed by atoms with Crippen molar-refractivity contribution in [3.8, 4) is 0 Å². The summed E-state index contributed by atoms with van der Waals surface area (Å²) >= 11 is 0.609. The SMILES string of the molecule is CC(C)COSOOO. The lowest BCUT2D eigenvalue weighted by Crippen LogP contribution is -1.96. The highest BCUT2D eigenvalue weighted by atomic mass is 32.2. The van der Waals surface area contributed by atoms with Gasteiger partial charge in [0.15, 0.2) is 12.3 Å². The minimum absolute atomic E-state index is 0.444. The van der Waals surface area contributed by atoms with Gasteiger partial charge in [-0.15, -0.1) is 4.33 Å². The summed E-state index contributed by atoms with van der Waals surface area (Å²) in [5.74, 6) is 0.444. The second kappa shape index (κ2) is 6.31. The molecule has 0 rings (SSSR count). The summed E-state index contributed by atoms with van der Waals surface area (Å²) in [5.41, 5.74) is 0. The smallest absolute Gasteiger partial charge is 0.197 e. The first-order valence-corrected chi connectivity index (χ1v) is 3.20. The van der Waals surface area contributed by atoms with Crippen LogP contribution < -0.4 is 0 Å². The average Bonchev–Trinajstić information content (AvgIpc) is 1.80. The van der Waals surface area contributed by atoms with E-state index in [4.69, 9.17) is 9.44 Å². The molecule has 0 aliphatic rings. The van der Waals surface area contributed by atoms with Crippen molar-refractivity contribution in [1.82, 2.24) is 0 Å². The predicted molar refractivity (Wildman–Crippen MR) is 33.2 cm³/mol. The highest BCUT2D eigenvalue weighted by Crippen LogP contribution is 2.06. The molecule has 0 aromatic rings. The number of hydrogen-bond acceptors (Lipinski definition) is 5. The fourth-order valence-corrected chi connectivity index (χ4v) is 0.588. The lowest BCUT2D eigenvalue weighted by atomic mass is 10.2. The van der Waals surface area contributed by atoms with Crippen LogP contribution >= 0.6 is 12.3 Å². The minimum atomic E-state index is 0.444. The van der Waals surface area contributed by atoms with Gasteiger partial charge in [-0.3, -0.25) is 4.18 Å². The fourth-order valence-electron chi connectivity index (χ4n) is 0.196. The zero-order valence-corrected chi connectivity index (χ0v) is 6.18. The third-order valence-electron chi connectivity index (χ3n) is 0.508. The van der Waals surface area contributed by atoms with Gasteiger partial charge in [0.05, 0.1) is 6.61 Å². The normalized spacial score (nSPS) is 10.7. The Kier molecular flexibility index (Phi) is 6.45. The molecule has 0 heterocycles. The summed E-state index contributed by atoms with van der Waals surface area (Å²) in [6.07, 6.45) is 0. The Hall–Kier alpha value is 0.190. The van der Waals surface area contributed by atoms with Crippen molar-refractivity contribution in [1.29, 1.82) is 0 Å². The van der Waals surface area contributed by atoms with Gasteiger partial charge in [0.1, 0.15) is 0 Å². The van der Waals surface area contributed by atoms with Gasteiger partial charge in [0.25, 0.3) is 0 Å². The van der Waals surface area contributed by atoms with Crippen molar-refractivity contribution in [3.05, 3.63) is 0 Å². The summed E-state index contributed by atoms with van der Waals surface area (Å²) in [6, 6.07) is 0. The van der Waals surface area contributed by atoms with Crippen LogP contribution in [0, 0.1) is 5.92 Å². The molecule has 0 bridgehead atoms. The number of rotatable bonds is 5. The van der Waals surface area contributed by atoms with Crippen LogP contribution in [-0.2, 0) is 13.6 Å². The molecule has 0 radical (unpaired) electrons. The molecule has 0 spiro atoms. The van der Waals surface area contributed by atoms with Crippen LogP contribution in [0.15, 0.2) is 0 Å². The molecule has 9 heavy (non-hydrogen) atoms. The van der Waals surface area contributed by atoms with E-state index >= 15 is 0 Å². The first-order chi connectivity index (χ1) is 4.27. The molecule has 0 amide bonds. The van der Waals surface area contributed by atoms with E-state index in [-0.39, 0.29) is 0 Å². The van der Waals surface area contributed by atoms with Gasteiger partial charge in [-0.25, -0.2) is 5.26 Å². The molecule has 0 atom stereocenters. The highest BCUT2D eigenvalue weighted by molar-refractivity contribution is 7.89. The van der Waals surface area contributed by atoms with Crippen molar-refractivity contribution in [2.24, 2.45) is 5.92 Å². The van der Waals surface area contributed by atoms with Crippen molar-refractivity contribution in [2.45, 2.75) is 13.8 Å². The maximum Gasteiger partial charge on any atom is 0.197 e. The van der Waals surface area contributed by atoms with Crippen molar-refractivity contribution in [3.63, 3.8) is 0 Å². The molecule has 0 saturated carbocycles. The molecule has 0 aromatic carbocycles. The van der Waals surface area contributed by atoms with E-state index in [2.05, 4.69) is 9.37 Å². The van der Waals surface area contributed by atoms with E-state index in [0.29, 0.717) is 24.8 Å². The predicted octanol–water partition coefficient (Wildman–Crippen LogP) is 1.64. The maximum atomic E-state index is 7.61. The van der Waals surface area contributed by atoms with Crippen molar-refractivity contribution < 1.29 is 18.8 Å². The quantitative estimate of drug-likeness (QED) is 0.282. The van der Waals surface area contributed by atoms with Crippen LogP contribution in [0.1, 0.15) is 13.8 Å². The van der Waals surface area contributed by atoms with E-state index in [1.165, 1.54) is 0 Å². The minimum Gasteiger partial charge on any atom is -0.289 e. The van der Waals surface area contributed by atoms with Crippen LogP contribution in [0.25, 0.3) is 0 Å². The molecule has 5 heteroatoms. The highest BCUT2D eigenvalue weighted by Gasteiger charge is 1.94. The molecule has 1 N–H and O–H groups in total. The van der Waals surface area contributed by atoms with Gasteiger partial charge in [-0.1, -0.05) is 18.9 Å². The molecule has 0 aliphatic heterocycles. The first kappa shape index (κ1) is 9.19. The van der Waals surface area contributed by atoms with E-state index in [1.54, 1.807) is 0 Å². The molecule has 0 aliphatic carbocycles. The lowest BCUT2D eigenvalue weighted by Gasteiger charge is -2.00. The van der Waals surface area contributed by atoms with Crippen molar-refractivity contribution >= 4 is 12.3 Å². The zero-order valence-electron chi connectivity index (χ0n) is 5.36.